The van der Waals surface area contributed by atoms with Crippen molar-refractivity contribution in [1.82, 2.24) is 5.32 Å². The van der Waals surface area contributed by atoms with Crippen molar-refractivity contribution in [2.75, 3.05) is 6.61 Å². The quantitative estimate of drug-likeness (QED) is 0.701. The van der Waals surface area contributed by atoms with Gasteiger partial charge >= 0.3 is 0 Å². The van der Waals surface area contributed by atoms with Gasteiger partial charge in [-0.25, -0.2) is 0 Å². The highest BCUT2D eigenvalue weighted by Crippen LogP contribution is 2.25. The molecule has 1 heterocycles. The van der Waals surface area contributed by atoms with Crippen molar-refractivity contribution < 1.29 is 4.74 Å². The molecule has 0 spiro atoms. The van der Waals surface area contributed by atoms with Gasteiger partial charge in [0.2, 0.25) is 0 Å². The Bertz CT molecular complexity index is 174. The van der Waals surface area contributed by atoms with E-state index in [4.69, 9.17) is 4.74 Å². The summed E-state index contributed by atoms with van der Waals surface area (Å²) in [7, 11) is 0. The van der Waals surface area contributed by atoms with Crippen LogP contribution in [-0.4, -0.2) is 24.8 Å². The topological polar surface area (TPSA) is 21.3 Å². The maximum absolute atomic E-state index is 5.83. The lowest BCUT2D eigenvalue weighted by molar-refractivity contribution is 0.0444. The first-order valence-corrected chi connectivity index (χ1v) is 5.82. The first-order chi connectivity index (χ1) is 6.45. The summed E-state index contributed by atoms with van der Waals surface area (Å²) in [6.07, 6.45) is 2.62. The van der Waals surface area contributed by atoms with Gasteiger partial charge in [0.1, 0.15) is 0 Å². The molecule has 0 aromatic carbocycles. The molecule has 1 aliphatic heterocycles. The number of hydrogen-bond donors (Lipinski definition) is 1. The maximum Gasteiger partial charge on any atom is 0.0722 e. The Morgan fingerprint density at radius 1 is 1.36 bits per heavy atom. The summed E-state index contributed by atoms with van der Waals surface area (Å²) in [5, 5.41) is 3.69. The molecule has 0 radical (unpaired) electrons. The predicted octanol–water partition coefficient (Wildman–Crippen LogP) is 2.58. The molecule has 84 valence electrons. The van der Waals surface area contributed by atoms with Crippen molar-refractivity contribution in [3.63, 3.8) is 0 Å². The van der Waals surface area contributed by atoms with E-state index in [1.54, 1.807) is 0 Å². The van der Waals surface area contributed by atoms with Crippen LogP contribution < -0.4 is 5.32 Å². The molecule has 1 N–H and O–H groups in total. The van der Waals surface area contributed by atoms with Crippen LogP contribution in [0.2, 0.25) is 0 Å². The maximum atomic E-state index is 5.83. The summed E-state index contributed by atoms with van der Waals surface area (Å²) in [5.41, 5.74) is 0.334. The zero-order valence-electron chi connectivity index (χ0n) is 10.3. The SMILES string of the molecule is CCC1OCCC(C(C)(C)C)NC1C. The average molecular weight is 199 g/mol. The Morgan fingerprint density at radius 3 is 2.50 bits per heavy atom. The average Bonchev–Trinajstić information content (AvgIpc) is 2.25. The van der Waals surface area contributed by atoms with Gasteiger partial charge in [-0.2, -0.15) is 0 Å². The second-order valence-corrected chi connectivity index (χ2v) is 5.48. The highest BCUT2D eigenvalue weighted by Gasteiger charge is 2.30. The zero-order valence-corrected chi connectivity index (χ0v) is 10.3. The van der Waals surface area contributed by atoms with Gasteiger partial charge in [0.05, 0.1) is 6.10 Å². The Morgan fingerprint density at radius 2 is 2.00 bits per heavy atom. The second kappa shape index (κ2) is 4.63. The largest absolute Gasteiger partial charge is 0.377 e. The van der Waals surface area contributed by atoms with Gasteiger partial charge in [-0.15, -0.1) is 0 Å². The second-order valence-electron chi connectivity index (χ2n) is 5.48. The molecule has 1 rings (SSSR count). The summed E-state index contributed by atoms with van der Waals surface area (Å²) in [4.78, 5) is 0. The number of ether oxygens (including phenoxy) is 1. The first kappa shape index (κ1) is 12.0. The fraction of sp³-hybridized carbons (Fsp3) is 1.00. The Labute approximate surface area is 88.4 Å². The molecule has 0 aromatic heterocycles. The van der Waals surface area contributed by atoms with Crippen LogP contribution in [0.5, 0.6) is 0 Å². The van der Waals surface area contributed by atoms with Crippen molar-refractivity contribution in [3.05, 3.63) is 0 Å². The van der Waals surface area contributed by atoms with E-state index >= 15 is 0 Å². The minimum atomic E-state index is 0.334. The molecule has 3 atom stereocenters. The molecule has 2 nitrogen and oxygen atoms in total. The van der Waals surface area contributed by atoms with Crippen molar-refractivity contribution >= 4 is 0 Å². The van der Waals surface area contributed by atoms with E-state index < -0.39 is 0 Å². The summed E-state index contributed by atoms with van der Waals surface area (Å²) in [5.74, 6) is 0. The van der Waals surface area contributed by atoms with Crippen molar-refractivity contribution in [2.24, 2.45) is 5.41 Å². The van der Waals surface area contributed by atoms with E-state index in [0.717, 1.165) is 19.4 Å². The molecular formula is C12H25NO. The van der Waals surface area contributed by atoms with Gasteiger partial charge in [-0.1, -0.05) is 27.7 Å². The normalized spacial score (nSPS) is 35.4. The van der Waals surface area contributed by atoms with Gasteiger partial charge < -0.3 is 10.1 Å². The fourth-order valence-corrected chi connectivity index (χ4v) is 2.14. The molecule has 14 heavy (non-hydrogen) atoms. The van der Waals surface area contributed by atoms with Gasteiger partial charge in [0.15, 0.2) is 0 Å². The Balaban J connectivity index is 2.60. The Kier molecular flexibility index (Phi) is 3.96. The van der Waals surface area contributed by atoms with E-state index in [9.17, 15) is 0 Å². The lowest BCUT2D eigenvalue weighted by Gasteiger charge is -2.32. The van der Waals surface area contributed by atoms with Gasteiger partial charge in [0, 0.05) is 18.7 Å². The van der Waals surface area contributed by atoms with E-state index in [0.29, 0.717) is 23.6 Å². The third-order valence-electron chi connectivity index (χ3n) is 3.21. The molecule has 2 heteroatoms. The molecule has 1 aliphatic rings. The van der Waals surface area contributed by atoms with Crippen LogP contribution in [0.4, 0.5) is 0 Å². The first-order valence-electron chi connectivity index (χ1n) is 5.82. The smallest absolute Gasteiger partial charge is 0.0722 e. The lowest BCUT2D eigenvalue weighted by atomic mass is 9.84. The molecule has 0 saturated carbocycles. The molecule has 0 aromatic rings. The van der Waals surface area contributed by atoms with Crippen molar-refractivity contribution in [2.45, 2.75) is 65.6 Å². The van der Waals surface area contributed by atoms with Crippen molar-refractivity contribution in [1.29, 1.82) is 0 Å². The molecule has 0 amide bonds. The van der Waals surface area contributed by atoms with Crippen LogP contribution in [0.25, 0.3) is 0 Å². The van der Waals surface area contributed by atoms with E-state index in [1.165, 1.54) is 0 Å². The zero-order chi connectivity index (χ0) is 10.8. The standard InChI is InChI=1S/C12H25NO/c1-6-10-9(2)13-11(7-8-14-10)12(3,4)5/h9-11,13H,6-8H2,1-5H3. The fourth-order valence-electron chi connectivity index (χ4n) is 2.14. The van der Waals surface area contributed by atoms with Gasteiger partial charge in [0.25, 0.3) is 0 Å². The third kappa shape index (κ3) is 2.96. The van der Waals surface area contributed by atoms with Crippen LogP contribution in [0, 0.1) is 5.41 Å². The van der Waals surface area contributed by atoms with Crippen LogP contribution in [0.15, 0.2) is 0 Å². The minimum Gasteiger partial charge on any atom is -0.377 e. The Hall–Kier alpha value is -0.0800. The van der Waals surface area contributed by atoms with Crippen molar-refractivity contribution in [3.8, 4) is 0 Å². The predicted molar refractivity (Wildman–Crippen MR) is 60.5 cm³/mol. The number of nitrogens with one attached hydrogen (secondary N) is 1. The van der Waals surface area contributed by atoms with Gasteiger partial charge in [-0.3, -0.25) is 0 Å². The van der Waals surface area contributed by atoms with Crippen LogP contribution in [0.1, 0.15) is 47.5 Å². The summed E-state index contributed by atoms with van der Waals surface area (Å²) >= 11 is 0. The highest BCUT2D eigenvalue weighted by atomic mass is 16.5. The summed E-state index contributed by atoms with van der Waals surface area (Å²) < 4.78 is 5.83. The molecule has 0 bridgehead atoms. The highest BCUT2D eigenvalue weighted by molar-refractivity contribution is 4.87. The lowest BCUT2D eigenvalue weighted by Crippen LogP contribution is -2.47. The minimum absolute atomic E-state index is 0.334. The number of hydrogen-bond acceptors (Lipinski definition) is 2. The van der Waals surface area contributed by atoms with Crippen LogP contribution in [0.3, 0.4) is 0 Å². The van der Waals surface area contributed by atoms with Crippen LogP contribution in [-0.2, 0) is 4.74 Å². The van der Waals surface area contributed by atoms with E-state index in [1.807, 2.05) is 0 Å². The summed E-state index contributed by atoms with van der Waals surface area (Å²) in [6.45, 7) is 12.2. The molecule has 3 unspecified atom stereocenters. The monoisotopic (exact) mass is 199 g/mol. The van der Waals surface area contributed by atoms with E-state index in [-0.39, 0.29) is 0 Å². The molecular weight excluding hydrogens is 174 g/mol. The molecule has 0 aliphatic carbocycles. The molecule has 1 fully saturated rings. The van der Waals surface area contributed by atoms with E-state index in [2.05, 4.69) is 39.9 Å². The third-order valence-corrected chi connectivity index (χ3v) is 3.21. The van der Waals surface area contributed by atoms with Gasteiger partial charge in [-0.05, 0) is 25.2 Å². The summed E-state index contributed by atoms with van der Waals surface area (Å²) in [6, 6.07) is 1.06. The molecule has 1 saturated heterocycles. The van der Waals surface area contributed by atoms with Crippen LogP contribution >= 0.6 is 0 Å². The number of rotatable bonds is 1.